The van der Waals surface area contributed by atoms with Crippen LogP contribution in [0.15, 0.2) is 40.9 Å². The Kier molecular flexibility index (Phi) is 4.96. The second-order valence-corrected chi connectivity index (χ2v) is 8.70. The van der Waals surface area contributed by atoms with Crippen LogP contribution >= 0.6 is 11.3 Å². The number of piperazine rings is 1. The number of nitrogens with zero attached hydrogens (tertiary/aromatic N) is 6. The highest BCUT2D eigenvalue weighted by atomic mass is 32.1. The third-order valence-electron chi connectivity index (χ3n) is 5.60. The Bertz CT molecular complexity index is 1160. The van der Waals surface area contributed by atoms with Crippen molar-refractivity contribution in [3.8, 4) is 10.4 Å². The number of thiophene rings is 1. The molecule has 0 bridgehead atoms. The van der Waals surface area contributed by atoms with E-state index in [4.69, 9.17) is 14.5 Å². The van der Waals surface area contributed by atoms with E-state index in [1.807, 2.05) is 19.9 Å². The minimum Gasteiger partial charge on any atom is -0.353 e. The summed E-state index contributed by atoms with van der Waals surface area (Å²) >= 11 is 1.73. The minimum atomic E-state index is 0.117. The molecule has 7 nitrogen and oxygen atoms in total. The Labute approximate surface area is 179 Å². The van der Waals surface area contributed by atoms with E-state index in [-0.39, 0.29) is 6.04 Å². The van der Waals surface area contributed by atoms with Crippen LogP contribution in [0, 0.1) is 13.8 Å². The fraction of sp³-hybridized carbons (Fsp3) is 0.364. The van der Waals surface area contributed by atoms with Crippen molar-refractivity contribution in [3.05, 3.63) is 53.9 Å². The molecule has 1 aliphatic rings. The van der Waals surface area contributed by atoms with Crippen LogP contribution in [0.4, 0.5) is 5.82 Å². The van der Waals surface area contributed by atoms with Crippen molar-refractivity contribution in [1.82, 2.24) is 25.0 Å². The predicted molar refractivity (Wildman–Crippen MR) is 119 cm³/mol. The number of rotatable bonds is 4. The minimum absolute atomic E-state index is 0.117. The van der Waals surface area contributed by atoms with E-state index in [2.05, 4.69) is 57.2 Å². The average molecular weight is 421 g/mol. The number of anilines is 1. The van der Waals surface area contributed by atoms with Crippen LogP contribution in [0.1, 0.15) is 30.5 Å². The molecule has 1 saturated heterocycles. The first-order chi connectivity index (χ1) is 14.6. The highest BCUT2D eigenvalue weighted by Gasteiger charge is 2.27. The summed E-state index contributed by atoms with van der Waals surface area (Å²) < 4.78 is 5.37. The van der Waals surface area contributed by atoms with Crippen LogP contribution in [0.5, 0.6) is 0 Å². The fourth-order valence-electron chi connectivity index (χ4n) is 3.96. The van der Waals surface area contributed by atoms with Crippen molar-refractivity contribution in [1.29, 1.82) is 0 Å². The molecule has 0 spiro atoms. The maximum atomic E-state index is 5.37. The molecule has 1 atom stereocenters. The number of hydrogen-bond acceptors (Lipinski definition) is 8. The first-order valence-electron chi connectivity index (χ1n) is 10.2. The third kappa shape index (κ3) is 3.57. The molecular weight excluding hydrogens is 396 g/mol. The van der Waals surface area contributed by atoms with Crippen LogP contribution in [-0.2, 0) is 0 Å². The van der Waals surface area contributed by atoms with E-state index >= 15 is 0 Å². The zero-order valence-corrected chi connectivity index (χ0v) is 18.2. The summed E-state index contributed by atoms with van der Waals surface area (Å²) in [5.41, 5.74) is 1.22. The molecule has 4 heterocycles. The zero-order chi connectivity index (χ0) is 20.7. The molecule has 1 aliphatic heterocycles. The van der Waals surface area contributed by atoms with Gasteiger partial charge in [-0.1, -0.05) is 35.5 Å². The maximum Gasteiger partial charge on any atom is 0.243 e. The molecule has 5 rings (SSSR count). The van der Waals surface area contributed by atoms with E-state index in [0.29, 0.717) is 11.7 Å². The lowest BCUT2D eigenvalue weighted by Crippen LogP contribution is -2.47. The molecule has 0 amide bonds. The Balaban J connectivity index is 1.39. The van der Waals surface area contributed by atoms with Crippen molar-refractivity contribution < 1.29 is 4.52 Å². The molecular formula is C22H24N6OS. The van der Waals surface area contributed by atoms with Gasteiger partial charge in [0, 0.05) is 31.1 Å². The summed E-state index contributed by atoms with van der Waals surface area (Å²) in [6, 6.07) is 12.8. The van der Waals surface area contributed by atoms with Gasteiger partial charge in [-0.2, -0.15) is 4.98 Å². The van der Waals surface area contributed by atoms with Gasteiger partial charge in [-0.05, 0) is 32.4 Å². The van der Waals surface area contributed by atoms with Gasteiger partial charge >= 0.3 is 0 Å². The molecule has 1 fully saturated rings. The molecule has 3 aromatic heterocycles. The largest absolute Gasteiger partial charge is 0.353 e. The van der Waals surface area contributed by atoms with Crippen molar-refractivity contribution in [2.45, 2.75) is 26.8 Å². The van der Waals surface area contributed by atoms with Crippen molar-refractivity contribution in [2.24, 2.45) is 0 Å². The van der Waals surface area contributed by atoms with Gasteiger partial charge in [-0.15, -0.1) is 11.3 Å². The maximum absolute atomic E-state index is 5.37. The molecule has 0 N–H and O–H groups in total. The van der Waals surface area contributed by atoms with Crippen molar-refractivity contribution in [3.63, 3.8) is 0 Å². The third-order valence-corrected chi connectivity index (χ3v) is 6.68. The number of benzene rings is 1. The lowest BCUT2D eigenvalue weighted by molar-refractivity contribution is 0.164. The summed E-state index contributed by atoms with van der Waals surface area (Å²) in [5.74, 6) is 3.22. The van der Waals surface area contributed by atoms with Crippen LogP contribution < -0.4 is 4.90 Å². The SMILES string of the molecule is Cc1noc(C(C)N2CCN(c3nc(C)nc4sc(-c5ccccc5)cc34)CC2)n1. The Hall–Kier alpha value is -2.84. The Morgan fingerprint density at radius 3 is 2.43 bits per heavy atom. The monoisotopic (exact) mass is 420 g/mol. The second-order valence-electron chi connectivity index (χ2n) is 7.67. The summed E-state index contributed by atoms with van der Waals surface area (Å²) in [6.07, 6.45) is 0. The predicted octanol–water partition coefficient (Wildman–Crippen LogP) is 4.24. The lowest BCUT2D eigenvalue weighted by atomic mass is 10.1. The van der Waals surface area contributed by atoms with E-state index in [1.54, 1.807) is 11.3 Å². The first kappa shape index (κ1) is 19.1. The van der Waals surface area contributed by atoms with Crippen LogP contribution in [0.25, 0.3) is 20.7 Å². The Morgan fingerprint density at radius 1 is 0.967 bits per heavy atom. The standard InChI is InChI=1S/C22H24N6OS/c1-14(21-24-16(3)26-29-21)27-9-11-28(12-10-27)20-18-13-19(17-7-5-4-6-8-17)30-22(18)25-15(2)23-20/h4-8,13-14H,9-12H2,1-3H3. The van der Waals surface area contributed by atoms with Gasteiger partial charge in [-0.25, -0.2) is 9.97 Å². The first-order valence-corrected chi connectivity index (χ1v) is 11.0. The quantitative estimate of drug-likeness (QED) is 0.489. The smallest absolute Gasteiger partial charge is 0.243 e. The molecule has 8 heteroatoms. The fourth-order valence-corrected chi connectivity index (χ4v) is 5.03. The zero-order valence-electron chi connectivity index (χ0n) is 17.4. The molecule has 1 aromatic carbocycles. The van der Waals surface area contributed by atoms with Crippen LogP contribution in [0.3, 0.4) is 0 Å². The van der Waals surface area contributed by atoms with Gasteiger partial charge in [0.05, 0.1) is 11.4 Å². The van der Waals surface area contributed by atoms with Crippen LogP contribution in [-0.4, -0.2) is 51.2 Å². The van der Waals surface area contributed by atoms with E-state index in [1.165, 1.54) is 10.4 Å². The van der Waals surface area contributed by atoms with E-state index < -0.39 is 0 Å². The van der Waals surface area contributed by atoms with Gasteiger partial charge in [0.1, 0.15) is 16.5 Å². The lowest BCUT2D eigenvalue weighted by Gasteiger charge is -2.37. The summed E-state index contributed by atoms with van der Waals surface area (Å²) in [6.45, 7) is 9.59. The normalized spacial score (nSPS) is 16.3. The van der Waals surface area contributed by atoms with Crippen molar-refractivity contribution >= 4 is 27.4 Å². The summed E-state index contributed by atoms with van der Waals surface area (Å²) in [7, 11) is 0. The highest BCUT2D eigenvalue weighted by Crippen LogP contribution is 2.37. The van der Waals surface area contributed by atoms with Gasteiger partial charge in [-0.3, -0.25) is 4.90 Å². The van der Waals surface area contributed by atoms with E-state index in [9.17, 15) is 0 Å². The number of aryl methyl sites for hydroxylation is 2. The van der Waals surface area contributed by atoms with Gasteiger partial charge in [0.15, 0.2) is 5.82 Å². The number of fused-ring (bicyclic) bond motifs is 1. The topological polar surface area (TPSA) is 71.2 Å². The molecule has 0 aliphatic carbocycles. The number of aromatic nitrogens is 4. The average Bonchev–Trinajstić information content (AvgIpc) is 3.40. The second kappa shape index (κ2) is 7.77. The van der Waals surface area contributed by atoms with Crippen LogP contribution in [0.2, 0.25) is 0 Å². The number of hydrogen-bond donors (Lipinski definition) is 0. The molecule has 0 radical (unpaired) electrons. The molecule has 30 heavy (non-hydrogen) atoms. The summed E-state index contributed by atoms with van der Waals surface area (Å²) in [5, 5.41) is 5.06. The molecule has 1 unspecified atom stereocenters. The van der Waals surface area contributed by atoms with E-state index in [0.717, 1.165) is 48.0 Å². The van der Waals surface area contributed by atoms with Gasteiger partial charge in [0.25, 0.3) is 0 Å². The Morgan fingerprint density at radius 2 is 1.73 bits per heavy atom. The van der Waals surface area contributed by atoms with Gasteiger partial charge < -0.3 is 9.42 Å². The van der Waals surface area contributed by atoms with Crippen molar-refractivity contribution in [2.75, 3.05) is 31.1 Å². The highest BCUT2D eigenvalue weighted by molar-refractivity contribution is 7.21. The molecule has 154 valence electrons. The molecule has 4 aromatic rings. The summed E-state index contributed by atoms with van der Waals surface area (Å²) in [4.78, 5) is 21.0. The molecule has 0 saturated carbocycles. The van der Waals surface area contributed by atoms with Gasteiger partial charge in [0.2, 0.25) is 5.89 Å².